The molecule has 6 nitrogen and oxygen atoms in total. The summed E-state index contributed by atoms with van der Waals surface area (Å²) in [6.45, 7) is 5.36. The van der Waals surface area contributed by atoms with E-state index in [-0.39, 0.29) is 17.9 Å². The summed E-state index contributed by atoms with van der Waals surface area (Å²) in [5, 5.41) is 4.05. The predicted octanol–water partition coefficient (Wildman–Crippen LogP) is 2.16. The fraction of sp³-hybridized carbons (Fsp3) is 0.643. The zero-order valence-electron chi connectivity index (χ0n) is 11.8. The Labute approximate surface area is 117 Å². The third kappa shape index (κ3) is 2.30. The fourth-order valence-electron chi connectivity index (χ4n) is 2.62. The van der Waals surface area contributed by atoms with Gasteiger partial charge < -0.3 is 14.2 Å². The molecule has 0 bridgehead atoms. The van der Waals surface area contributed by atoms with Crippen LogP contribution in [0.25, 0.3) is 0 Å². The molecule has 1 aromatic rings. The van der Waals surface area contributed by atoms with E-state index in [4.69, 9.17) is 9.26 Å². The van der Waals surface area contributed by atoms with Gasteiger partial charge in [-0.25, -0.2) is 0 Å². The van der Waals surface area contributed by atoms with Gasteiger partial charge in [-0.1, -0.05) is 19.0 Å². The van der Waals surface area contributed by atoms with Gasteiger partial charge in [0.15, 0.2) is 5.82 Å². The van der Waals surface area contributed by atoms with Crippen molar-refractivity contribution in [3.05, 3.63) is 23.6 Å². The Morgan fingerprint density at radius 1 is 1.50 bits per heavy atom. The van der Waals surface area contributed by atoms with Crippen LogP contribution in [-0.2, 0) is 9.53 Å². The molecule has 0 radical (unpaired) electrons. The van der Waals surface area contributed by atoms with Crippen LogP contribution in [0, 0.1) is 0 Å². The average Bonchev–Trinajstić information content (AvgIpc) is 3.17. The van der Waals surface area contributed by atoms with E-state index in [2.05, 4.69) is 10.1 Å². The molecule has 1 saturated heterocycles. The first-order valence-electron chi connectivity index (χ1n) is 7.12. The van der Waals surface area contributed by atoms with Crippen LogP contribution in [0.4, 0.5) is 0 Å². The lowest BCUT2D eigenvalue weighted by molar-refractivity contribution is -0.128. The van der Waals surface area contributed by atoms with Gasteiger partial charge in [-0.3, -0.25) is 4.79 Å². The van der Waals surface area contributed by atoms with Crippen LogP contribution in [0.2, 0.25) is 0 Å². The van der Waals surface area contributed by atoms with Gasteiger partial charge in [0.25, 0.3) is 5.91 Å². The lowest BCUT2D eigenvalue weighted by Crippen LogP contribution is -2.32. The Bertz CT molecular complexity index is 536. The van der Waals surface area contributed by atoms with Gasteiger partial charge in [0.2, 0.25) is 5.89 Å². The van der Waals surface area contributed by atoms with E-state index >= 15 is 0 Å². The highest BCUT2D eigenvalue weighted by atomic mass is 16.5. The second kappa shape index (κ2) is 5.26. The minimum Gasteiger partial charge on any atom is -0.500 e. The number of rotatable bonds is 3. The zero-order valence-corrected chi connectivity index (χ0v) is 11.8. The lowest BCUT2D eigenvalue weighted by Gasteiger charge is -2.22. The van der Waals surface area contributed by atoms with Crippen LogP contribution in [0.15, 0.2) is 16.4 Å². The van der Waals surface area contributed by atoms with E-state index in [9.17, 15) is 4.79 Å². The first kappa shape index (κ1) is 13.1. The quantitative estimate of drug-likeness (QED) is 0.846. The number of hydrogen-bond acceptors (Lipinski definition) is 5. The summed E-state index contributed by atoms with van der Waals surface area (Å²) < 4.78 is 10.4. The van der Waals surface area contributed by atoms with Crippen LogP contribution < -0.4 is 0 Å². The number of nitrogens with zero attached hydrogens (tertiary/aromatic N) is 3. The van der Waals surface area contributed by atoms with Crippen molar-refractivity contribution >= 4 is 5.91 Å². The number of carbonyl (C=O) groups excluding carboxylic acids is 1. The molecule has 1 fully saturated rings. The van der Waals surface area contributed by atoms with E-state index in [0.717, 1.165) is 25.0 Å². The van der Waals surface area contributed by atoms with E-state index in [1.54, 1.807) is 6.26 Å². The molecule has 1 amide bonds. The summed E-state index contributed by atoms with van der Waals surface area (Å²) in [5.74, 6) is 1.50. The van der Waals surface area contributed by atoms with Crippen LogP contribution in [0.3, 0.4) is 0 Å². The predicted molar refractivity (Wildman–Crippen MR) is 70.7 cm³/mol. The summed E-state index contributed by atoms with van der Waals surface area (Å²) in [6, 6.07) is -0.0692. The Kier molecular flexibility index (Phi) is 3.46. The highest BCUT2D eigenvalue weighted by molar-refractivity contribution is 5.93. The molecule has 0 spiro atoms. The molecule has 3 heterocycles. The number of likely N-dealkylation sites (tertiary alicyclic amines) is 1. The maximum atomic E-state index is 12.5. The van der Waals surface area contributed by atoms with Crippen molar-refractivity contribution in [3.63, 3.8) is 0 Å². The van der Waals surface area contributed by atoms with Crippen LogP contribution in [-0.4, -0.2) is 34.1 Å². The fourth-order valence-corrected chi connectivity index (χ4v) is 2.62. The molecule has 0 unspecified atom stereocenters. The van der Waals surface area contributed by atoms with Crippen molar-refractivity contribution in [2.24, 2.45) is 0 Å². The van der Waals surface area contributed by atoms with Crippen molar-refractivity contribution in [1.29, 1.82) is 0 Å². The molecule has 0 aliphatic carbocycles. The second-order valence-corrected chi connectivity index (χ2v) is 5.57. The number of ether oxygens (including phenoxy) is 1. The minimum atomic E-state index is -0.0692. The number of amides is 1. The van der Waals surface area contributed by atoms with Gasteiger partial charge in [0.05, 0.1) is 24.5 Å². The summed E-state index contributed by atoms with van der Waals surface area (Å²) in [6.07, 6.45) is 4.12. The van der Waals surface area contributed by atoms with Crippen molar-refractivity contribution < 1.29 is 14.1 Å². The van der Waals surface area contributed by atoms with Crippen molar-refractivity contribution in [1.82, 2.24) is 15.0 Å². The molecule has 0 saturated carbocycles. The van der Waals surface area contributed by atoms with E-state index in [1.807, 2.05) is 18.7 Å². The molecular weight excluding hydrogens is 258 g/mol. The maximum Gasteiger partial charge on any atom is 0.253 e. The Balaban J connectivity index is 1.79. The monoisotopic (exact) mass is 277 g/mol. The Morgan fingerprint density at radius 3 is 3.00 bits per heavy atom. The molecule has 1 atom stereocenters. The molecular formula is C14H19N3O3. The average molecular weight is 277 g/mol. The van der Waals surface area contributed by atoms with Crippen LogP contribution >= 0.6 is 0 Å². The maximum absolute atomic E-state index is 12.5. The molecule has 1 aromatic heterocycles. The Hall–Kier alpha value is -1.85. The van der Waals surface area contributed by atoms with Crippen molar-refractivity contribution in [3.8, 4) is 0 Å². The normalized spacial score (nSPS) is 22.2. The lowest BCUT2D eigenvalue weighted by atomic mass is 10.1. The molecule has 108 valence electrons. The van der Waals surface area contributed by atoms with Gasteiger partial charge in [-0.15, -0.1) is 0 Å². The first-order chi connectivity index (χ1) is 9.66. The molecule has 6 heteroatoms. The SMILES string of the molecule is CC(C)c1nc([C@H]2CCCN2C(=O)C2=COCC2)no1. The molecule has 2 aliphatic rings. The molecule has 3 rings (SSSR count). The minimum absolute atomic E-state index is 0.0425. The second-order valence-electron chi connectivity index (χ2n) is 5.57. The highest BCUT2D eigenvalue weighted by Gasteiger charge is 2.35. The van der Waals surface area contributed by atoms with Crippen molar-refractivity contribution in [2.75, 3.05) is 13.2 Å². The molecule has 20 heavy (non-hydrogen) atoms. The topological polar surface area (TPSA) is 68.5 Å². The summed E-state index contributed by atoms with van der Waals surface area (Å²) in [5.41, 5.74) is 0.740. The third-order valence-electron chi connectivity index (χ3n) is 3.75. The number of aromatic nitrogens is 2. The molecule has 0 N–H and O–H groups in total. The standard InChI is InChI=1S/C14H19N3O3/c1-9(2)13-15-12(16-20-13)11-4-3-6-17(11)14(18)10-5-7-19-8-10/h8-9,11H,3-7H2,1-2H3/t11-/m1/s1. The zero-order chi connectivity index (χ0) is 14.1. The summed E-state index contributed by atoms with van der Waals surface area (Å²) >= 11 is 0. The van der Waals surface area contributed by atoms with Crippen LogP contribution in [0.1, 0.15) is 56.8 Å². The number of carbonyl (C=O) groups is 1. The van der Waals surface area contributed by atoms with Gasteiger partial charge in [0, 0.05) is 18.9 Å². The van der Waals surface area contributed by atoms with Gasteiger partial charge in [-0.05, 0) is 12.8 Å². The molecule has 2 aliphatic heterocycles. The van der Waals surface area contributed by atoms with Gasteiger partial charge in [-0.2, -0.15) is 4.98 Å². The van der Waals surface area contributed by atoms with E-state index in [0.29, 0.717) is 24.7 Å². The Morgan fingerprint density at radius 2 is 2.35 bits per heavy atom. The number of hydrogen-bond donors (Lipinski definition) is 0. The molecule has 0 aromatic carbocycles. The van der Waals surface area contributed by atoms with Crippen LogP contribution in [0.5, 0.6) is 0 Å². The highest BCUT2D eigenvalue weighted by Crippen LogP contribution is 2.32. The van der Waals surface area contributed by atoms with Gasteiger partial charge >= 0.3 is 0 Å². The largest absolute Gasteiger partial charge is 0.500 e. The first-order valence-corrected chi connectivity index (χ1v) is 7.12. The smallest absolute Gasteiger partial charge is 0.253 e. The summed E-state index contributed by atoms with van der Waals surface area (Å²) in [4.78, 5) is 18.7. The summed E-state index contributed by atoms with van der Waals surface area (Å²) in [7, 11) is 0. The van der Waals surface area contributed by atoms with E-state index in [1.165, 1.54) is 0 Å². The van der Waals surface area contributed by atoms with Gasteiger partial charge in [0.1, 0.15) is 0 Å². The van der Waals surface area contributed by atoms with E-state index < -0.39 is 0 Å². The van der Waals surface area contributed by atoms with Crippen molar-refractivity contribution in [2.45, 2.75) is 45.1 Å². The third-order valence-corrected chi connectivity index (χ3v) is 3.75.